The van der Waals surface area contributed by atoms with Gasteiger partial charge in [0.1, 0.15) is 11.6 Å². The van der Waals surface area contributed by atoms with E-state index in [9.17, 15) is 9.90 Å². The van der Waals surface area contributed by atoms with Crippen molar-refractivity contribution in [3.05, 3.63) is 65.4 Å². The van der Waals surface area contributed by atoms with Crippen molar-refractivity contribution in [2.24, 2.45) is 5.41 Å². The van der Waals surface area contributed by atoms with E-state index < -0.39 is 17.7 Å². The standard InChI is InChI=1S/C38H49N5O4/c1-24(2)46-31-14-13-25(3)21-29(31)27-11-9-12-28(22-27)30-23-32-40-26(4)33(34(36(44)45)47-37(5,6)7)35(43(32)41-30)42-19-16-38(8,17-20-42)15-10-18-39/h9,11-14,18,21-24,34,39H,10,15-17,19-20H2,1-8H3,(H,44,45). The first-order valence-corrected chi connectivity index (χ1v) is 16.6. The molecule has 0 saturated carbocycles. The van der Waals surface area contributed by atoms with Gasteiger partial charge in [-0.05, 0) is 110 Å². The van der Waals surface area contributed by atoms with E-state index in [4.69, 9.17) is 25.0 Å². The Morgan fingerprint density at radius 1 is 1.09 bits per heavy atom. The quantitative estimate of drug-likeness (QED) is 0.158. The number of hydrogen-bond donors (Lipinski definition) is 2. The number of fused-ring (bicyclic) bond motifs is 1. The van der Waals surface area contributed by atoms with Crippen molar-refractivity contribution in [1.82, 2.24) is 14.6 Å². The molecule has 2 aromatic carbocycles. The fraction of sp³-hybridized carbons (Fsp3) is 0.474. The minimum absolute atomic E-state index is 0.0422. The molecule has 0 radical (unpaired) electrons. The second-order valence-electron chi connectivity index (χ2n) is 14.5. The SMILES string of the molecule is Cc1ccc(OC(C)C)c(-c2cccc(-c3cc4nc(C)c(C(OC(C)(C)C)C(=O)O)c(N5CCC(C)(CCC=N)CC5)n4n3)c2)c1. The number of benzene rings is 2. The molecule has 9 nitrogen and oxygen atoms in total. The van der Waals surface area contributed by atoms with E-state index in [1.54, 1.807) is 0 Å². The van der Waals surface area contributed by atoms with Gasteiger partial charge < -0.3 is 24.9 Å². The van der Waals surface area contributed by atoms with Crippen LogP contribution in [-0.4, -0.2) is 56.7 Å². The van der Waals surface area contributed by atoms with Crippen LogP contribution in [0.4, 0.5) is 5.82 Å². The zero-order valence-electron chi connectivity index (χ0n) is 29.1. The number of carbonyl (C=O) groups is 1. The van der Waals surface area contributed by atoms with E-state index >= 15 is 0 Å². The molecule has 1 saturated heterocycles. The number of carboxylic acid groups (broad SMARTS) is 1. The minimum Gasteiger partial charge on any atom is -0.490 e. The van der Waals surface area contributed by atoms with Crippen LogP contribution in [0, 0.1) is 24.7 Å². The molecule has 0 spiro atoms. The molecule has 1 aliphatic rings. The van der Waals surface area contributed by atoms with Crippen molar-refractivity contribution in [2.45, 2.75) is 98.9 Å². The third-order valence-corrected chi connectivity index (χ3v) is 8.89. The summed E-state index contributed by atoms with van der Waals surface area (Å²) >= 11 is 0. The van der Waals surface area contributed by atoms with Crippen molar-refractivity contribution in [3.63, 3.8) is 0 Å². The Balaban J connectivity index is 1.64. The zero-order chi connectivity index (χ0) is 34.1. The van der Waals surface area contributed by atoms with Crippen molar-refractivity contribution < 1.29 is 19.4 Å². The number of nitrogens with one attached hydrogen (secondary N) is 1. The molecule has 1 fully saturated rings. The van der Waals surface area contributed by atoms with Gasteiger partial charge in [0.05, 0.1) is 23.0 Å². The zero-order valence-corrected chi connectivity index (χ0v) is 29.1. The Bertz CT molecular complexity index is 1760. The number of carboxylic acids is 1. The van der Waals surface area contributed by atoms with Crippen LogP contribution in [0.2, 0.25) is 0 Å². The maximum atomic E-state index is 12.8. The van der Waals surface area contributed by atoms with Crippen molar-refractivity contribution >= 4 is 23.6 Å². The van der Waals surface area contributed by atoms with Gasteiger partial charge in [-0.25, -0.2) is 9.78 Å². The molecule has 0 bridgehead atoms. The van der Waals surface area contributed by atoms with E-state index in [0.717, 1.165) is 72.5 Å². The molecule has 0 amide bonds. The summed E-state index contributed by atoms with van der Waals surface area (Å²) in [6, 6.07) is 16.5. The number of rotatable bonds is 11. The van der Waals surface area contributed by atoms with Crippen molar-refractivity contribution in [3.8, 4) is 28.1 Å². The Labute approximate surface area is 278 Å². The van der Waals surface area contributed by atoms with Gasteiger partial charge in [-0.2, -0.15) is 9.61 Å². The molecule has 47 heavy (non-hydrogen) atoms. The maximum absolute atomic E-state index is 12.8. The summed E-state index contributed by atoms with van der Waals surface area (Å²) in [6.07, 6.45) is 3.88. The third kappa shape index (κ3) is 7.67. The smallest absolute Gasteiger partial charge is 0.337 e. The predicted octanol–water partition coefficient (Wildman–Crippen LogP) is 8.44. The fourth-order valence-electron chi connectivity index (χ4n) is 6.45. The number of aryl methyl sites for hydroxylation is 2. The maximum Gasteiger partial charge on any atom is 0.337 e. The van der Waals surface area contributed by atoms with Crippen LogP contribution in [0.25, 0.3) is 28.0 Å². The van der Waals surface area contributed by atoms with Gasteiger partial charge in [-0.15, -0.1) is 0 Å². The van der Waals surface area contributed by atoms with E-state index in [2.05, 4.69) is 43.0 Å². The second kappa shape index (κ2) is 13.5. The largest absolute Gasteiger partial charge is 0.490 e. The van der Waals surface area contributed by atoms with Gasteiger partial charge in [0, 0.05) is 36.0 Å². The molecule has 2 N–H and O–H groups in total. The summed E-state index contributed by atoms with van der Waals surface area (Å²) in [4.78, 5) is 20.0. The Hall–Kier alpha value is -4.24. The number of anilines is 1. The molecular formula is C38H49N5O4. The summed E-state index contributed by atoms with van der Waals surface area (Å²) < 4.78 is 14.2. The Morgan fingerprint density at radius 3 is 2.43 bits per heavy atom. The number of aliphatic carboxylic acids is 1. The second-order valence-corrected chi connectivity index (χ2v) is 14.5. The highest BCUT2D eigenvalue weighted by Gasteiger charge is 2.37. The molecule has 4 aromatic rings. The highest BCUT2D eigenvalue weighted by atomic mass is 16.5. The fourth-order valence-corrected chi connectivity index (χ4v) is 6.45. The average molecular weight is 640 g/mol. The van der Waals surface area contributed by atoms with Crippen molar-refractivity contribution in [2.75, 3.05) is 18.0 Å². The molecule has 0 aliphatic carbocycles. The molecule has 3 heterocycles. The van der Waals surface area contributed by atoms with Crippen LogP contribution in [-0.2, 0) is 9.53 Å². The number of aromatic nitrogens is 3. The van der Waals surface area contributed by atoms with Crippen LogP contribution in [0.3, 0.4) is 0 Å². The van der Waals surface area contributed by atoms with Crippen LogP contribution >= 0.6 is 0 Å². The van der Waals surface area contributed by atoms with Gasteiger partial charge in [0.15, 0.2) is 11.8 Å². The summed E-state index contributed by atoms with van der Waals surface area (Å²) in [5.74, 6) is 0.487. The van der Waals surface area contributed by atoms with Gasteiger partial charge in [0.25, 0.3) is 0 Å². The van der Waals surface area contributed by atoms with Crippen LogP contribution in [0.5, 0.6) is 5.75 Å². The topological polar surface area (TPSA) is 113 Å². The van der Waals surface area contributed by atoms with E-state index in [1.165, 1.54) is 6.21 Å². The lowest BCUT2D eigenvalue weighted by Crippen LogP contribution is -2.41. The summed E-state index contributed by atoms with van der Waals surface area (Å²) in [7, 11) is 0. The lowest BCUT2D eigenvalue weighted by Gasteiger charge is -2.41. The molecule has 2 aromatic heterocycles. The van der Waals surface area contributed by atoms with Crippen LogP contribution < -0.4 is 9.64 Å². The highest BCUT2D eigenvalue weighted by Crippen LogP contribution is 2.41. The molecule has 1 atom stereocenters. The Kier molecular flexibility index (Phi) is 9.78. The van der Waals surface area contributed by atoms with E-state index in [1.807, 2.05) is 70.3 Å². The molecule has 9 heteroatoms. The lowest BCUT2D eigenvalue weighted by molar-refractivity contribution is -0.160. The highest BCUT2D eigenvalue weighted by molar-refractivity contribution is 5.80. The monoisotopic (exact) mass is 639 g/mol. The first-order chi connectivity index (χ1) is 22.2. The number of ether oxygens (including phenoxy) is 2. The van der Waals surface area contributed by atoms with Gasteiger partial charge >= 0.3 is 5.97 Å². The minimum atomic E-state index is -1.22. The summed E-state index contributed by atoms with van der Waals surface area (Å²) in [5, 5.41) is 23.1. The van der Waals surface area contributed by atoms with Crippen molar-refractivity contribution in [1.29, 1.82) is 5.41 Å². The Morgan fingerprint density at radius 2 is 1.79 bits per heavy atom. The lowest BCUT2D eigenvalue weighted by atomic mass is 9.77. The predicted molar refractivity (Wildman–Crippen MR) is 188 cm³/mol. The third-order valence-electron chi connectivity index (χ3n) is 8.89. The molecule has 250 valence electrons. The first-order valence-electron chi connectivity index (χ1n) is 16.6. The molecule has 1 aliphatic heterocycles. The first kappa shape index (κ1) is 34.1. The molecular weight excluding hydrogens is 590 g/mol. The number of nitrogens with zero attached hydrogens (tertiary/aromatic N) is 4. The van der Waals surface area contributed by atoms with Gasteiger partial charge in [-0.3, -0.25) is 0 Å². The molecule has 5 rings (SSSR count). The summed E-state index contributed by atoms with van der Waals surface area (Å²) in [5.41, 5.74) is 6.06. The van der Waals surface area contributed by atoms with Crippen LogP contribution in [0.1, 0.15) is 90.2 Å². The average Bonchev–Trinajstić information content (AvgIpc) is 3.43. The van der Waals surface area contributed by atoms with Gasteiger partial charge in [0.2, 0.25) is 0 Å². The van der Waals surface area contributed by atoms with E-state index in [-0.39, 0.29) is 11.5 Å². The summed E-state index contributed by atoms with van der Waals surface area (Å²) in [6.45, 7) is 17.3. The number of hydrogen-bond acceptors (Lipinski definition) is 7. The number of piperidine rings is 1. The van der Waals surface area contributed by atoms with Crippen LogP contribution in [0.15, 0.2) is 48.5 Å². The molecule has 1 unspecified atom stereocenters. The normalized spacial score (nSPS) is 15.6. The van der Waals surface area contributed by atoms with Gasteiger partial charge in [-0.1, -0.05) is 36.8 Å². The van der Waals surface area contributed by atoms with E-state index in [0.29, 0.717) is 22.7 Å².